The van der Waals surface area contributed by atoms with Crippen LogP contribution < -0.4 is 5.32 Å². The predicted molar refractivity (Wildman–Crippen MR) is 122 cm³/mol. The third-order valence-electron chi connectivity index (χ3n) is 5.88. The summed E-state index contributed by atoms with van der Waals surface area (Å²) in [5.41, 5.74) is 2.74. The molecule has 2 aromatic carbocycles. The van der Waals surface area contributed by atoms with Crippen LogP contribution in [0.3, 0.4) is 0 Å². The number of nitrogens with one attached hydrogen (secondary N) is 1. The SMILES string of the molecule is CC(CN1CCC(c2ccc(Cl)cc2)CC1)C(C=O)NC(=O)c1cccc(CCl)c1. The number of carbonyl (C=O) groups is 2. The van der Waals surface area contributed by atoms with Crippen LogP contribution in [-0.2, 0) is 10.7 Å². The molecule has 0 spiro atoms. The number of nitrogens with zero attached hydrogens (tertiary/aromatic N) is 1. The molecule has 0 aliphatic carbocycles. The Bertz CT molecular complexity index is 849. The van der Waals surface area contributed by atoms with E-state index in [0.29, 0.717) is 17.4 Å². The Kier molecular flexibility index (Phi) is 8.32. The molecule has 6 heteroatoms. The minimum Gasteiger partial charge on any atom is -0.342 e. The lowest BCUT2D eigenvalue weighted by molar-refractivity contribution is -0.110. The van der Waals surface area contributed by atoms with Gasteiger partial charge in [-0.05, 0) is 73.2 Å². The van der Waals surface area contributed by atoms with Gasteiger partial charge in [-0.25, -0.2) is 0 Å². The largest absolute Gasteiger partial charge is 0.342 e. The van der Waals surface area contributed by atoms with E-state index in [9.17, 15) is 9.59 Å². The van der Waals surface area contributed by atoms with Crippen molar-refractivity contribution in [2.75, 3.05) is 19.6 Å². The first-order valence-corrected chi connectivity index (χ1v) is 11.3. The maximum atomic E-state index is 12.6. The van der Waals surface area contributed by atoms with Crippen LogP contribution >= 0.6 is 23.2 Å². The third kappa shape index (κ3) is 6.07. The first-order chi connectivity index (χ1) is 14.5. The number of halogens is 2. The number of amides is 1. The topological polar surface area (TPSA) is 49.4 Å². The van der Waals surface area contributed by atoms with Crippen molar-refractivity contribution in [1.82, 2.24) is 10.2 Å². The maximum absolute atomic E-state index is 12.6. The van der Waals surface area contributed by atoms with Crippen LogP contribution in [0.2, 0.25) is 5.02 Å². The molecule has 2 aromatic rings. The first-order valence-electron chi connectivity index (χ1n) is 10.4. The zero-order valence-electron chi connectivity index (χ0n) is 17.2. The summed E-state index contributed by atoms with van der Waals surface area (Å²) in [7, 11) is 0. The molecule has 2 unspecified atom stereocenters. The minimum atomic E-state index is -0.522. The number of benzene rings is 2. The second-order valence-corrected chi connectivity index (χ2v) is 8.78. The van der Waals surface area contributed by atoms with Gasteiger partial charge in [-0.1, -0.05) is 42.8 Å². The van der Waals surface area contributed by atoms with E-state index < -0.39 is 6.04 Å². The van der Waals surface area contributed by atoms with Crippen LogP contribution in [0.4, 0.5) is 0 Å². The van der Waals surface area contributed by atoms with Crippen molar-refractivity contribution < 1.29 is 9.59 Å². The van der Waals surface area contributed by atoms with Gasteiger partial charge in [-0.2, -0.15) is 0 Å². The van der Waals surface area contributed by atoms with Crippen LogP contribution in [-0.4, -0.2) is 42.8 Å². The van der Waals surface area contributed by atoms with Gasteiger partial charge in [-0.3, -0.25) is 4.79 Å². The van der Waals surface area contributed by atoms with Gasteiger partial charge in [0.2, 0.25) is 0 Å². The van der Waals surface area contributed by atoms with Gasteiger partial charge >= 0.3 is 0 Å². The molecule has 0 bridgehead atoms. The van der Waals surface area contributed by atoms with Crippen LogP contribution in [0, 0.1) is 5.92 Å². The number of hydrogen-bond acceptors (Lipinski definition) is 3. The number of piperidine rings is 1. The average molecular weight is 447 g/mol. The highest BCUT2D eigenvalue weighted by atomic mass is 35.5. The maximum Gasteiger partial charge on any atom is 0.251 e. The van der Waals surface area contributed by atoms with Crippen molar-refractivity contribution in [2.45, 2.75) is 37.6 Å². The second kappa shape index (κ2) is 10.9. The first kappa shape index (κ1) is 22.8. The van der Waals surface area contributed by atoms with Crippen molar-refractivity contribution in [1.29, 1.82) is 0 Å². The molecule has 4 nitrogen and oxygen atoms in total. The van der Waals surface area contributed by atoms with Gasteiger partial charge in [0.05, 0.1) is 6.04 Å². The summed E-state index contributed by atoms with van der Waals surface area (Å²) >= 11 is 11.8. The van der Waals surface area contributed by atoms with Crippen molar-refractivity contribution in [3.63, 3.8) is 0 Å². The Hall–Kier alpha value is -1.88. The van der Waals surface area contributed by atoms with Crippen LogP contribution in [0.1, 0.15) is 47.2 Å². The van der Waals surface area contributed by atoms with Gasteiger partial charge in [-0.15, -0.1) is 11.6 Å². The number of likely N-dealkylation sites (tertiary alicyclic amines) is 1. The van der Waals surface area contributed by atoms with E-state index in [1.807, 2.05) is 25.1 Å². The highest BCUT2D eigenvalue weighted by Gasteiger charge is 2.25. The Morgan fingerprint density at radius 2 is 1.90 bits per heavy atom. The molecule has 30 heavy (non-hydrogen) atoms. The monoisotopic (exact) mass is 446 g/mol. The number of rotatable bonds is 8. The van der Waals surface area contributed by atoms with Crippen molar-refractivity contribution in [2.24, 2.45) is 5.92 Å². The van der Waals surface area contributed by atoms with E-state index in [2.05, 4.69) is 22.3 Å². The standard InChI is InChI=1S/C24H28Cl2N2O2/c1-17(23(16-29)27-24(30)21-4-2-3-18(13-21)14-25)15-28-11-9-20(10-12-28)19-5-7-22(26)8-6-19/h2-8,13,16-17,20,23H,9-12,14-15H2,1H3,(H,27,30). The van der Waals surface area contributed by atoms with Gasteiger partial charge in [0.25, 0.3) is 5.91 Å². The Labute approximate surface area is 188 Å². The summed E-state index contributed by atoms with van der Waals surface area (Å²) in [5, 5.41) is 3.64. The van der Waals surface area contributed by atoms with E-state index in [0.717, 1.165) is 49.3 Å². The van der Waals surface area contributed by atoms with E-state index in [1.54, 1.807) is 18.2 Å². The molecule has 1 fully saturated rings. The summed E-state index contributed by atoms with van der Waals surface area (Å²) in [6, 6.07) is 14.8. The van der Waals surface area contributed by atoms with Gasteiger partial charge in [0, 0.05) is 23.0 Å². The number of carbonyl (C=O) groups excluding carboxylic acids is 2. The summed E-state index contributed by atoms with van der Waals surface area (Å²) in [6.45, 7) is 4.75. The molecule has 1 N–H and O–H groups in total. The molecular formula is C24H28Cl2N2O2. The predicted octanol–water partition coefficient (Wildman–Crippen LogP) is 4.89. The smallest absolute Gasteiger partial charge is 0.251 e. The third-order valence-corrected chi connectivity index (χ3v) is 6.44. The highest BCUT2D eigenvalue weighted by Crippen LogP contribution is 2.29. The summed E-state index contributed by atoms with van der Waals surface area (Å²) in [5.74, 6) is 0.673. The quantitative estimate of drug-likeness (QED) is 0.463. The van der Waals surface area contributed by atoms with Crippen LogP contribution in [0.5, 0.6) is 0 Å². The lowest BCUT2D eigenvalue weighted by Crippen LogP contribution is -2.46. The molecule has 0 radical (unpaired) electrons. The Morgan fingerprint density at radius 1 is 1.20 bits per heavy atom. The normalized spacial score (nSPS) is 17.3. The molecule has 1 aliphatic heterocycles. The van der Waals surface area contributed by atoms with Crippen molar-refractivity contribution in [3.05, 3.63) is 70.2 Å². The van der Waals surface area contributed by atoms with Gasteiger partial charge in [0.1, 0.15) is 6.29 Å². The number of aldehydes is 1. The van der Waals surface area contributed by atoms with Crippen molar-refractivity contribution >= 4 is 35.4 Å². The summed E-state index contributed by atoms with van der Waals surface area (Å²) < 4.78 is 0. The minimum absolute atomic E-state index is 0.0229. The fourth-order valence-corrected chi connectivity index (χ4v) is 4.34. The van der Waals surface area contributed by atoms with E-state index in [1.165, 1.54) is 5.56 Å². The van der Waals surface area contributed by atoms with E-state index >= 15 is 0 Å². The summed E-state index contributed by atoms with van der Waals surface area (Å²) in [6.07, 6.45) is 3.00. The Morgan fingerprint density at radius 3 is 2.53 bits per heavy atom. The Balaban J connectivity index is 1.51. The molecular weight excluding hydrogens is 419 g/mol. The molecule has 2 atom stereocenters. The molecule has 160 valence electrons. The van der Waals surface area contributed by atoms with Crippen LogP contribution in [0.25, 0.3) is 0 Å². The molecule has 1 saturated heterocycles. The molecule has 0 aromatic heterocycles. The fourth-order valence-electron chi connectivity index (χ4n) is 4.05. The molecule has 1 amide bonds. The van der Waals surface area contributed by atoms with E-state index in [4.69, 9.17) is 23.2 Å². The van der Waals surface area contributed by atoms with Crippen molar-refractivity contribution in [3.8, 4) is 0 Å². The molecule has 1 heterocycles. The zero-order valence-corrected chi connectivity index (χ0v) is 18.7. The lowest BCUT2D eigenvalue weighted by atomic mass is 9.89. The molecule has 3 rings (SSSR count). The van der Waals surface area contributed by atoms with E-state index in [-0.39, 0.29) is 11.8 Å². The van der Waals surface area contributed by atoms with Crippen LogP contribution in [0.15, 0.2) is 48.5 Å². The second-order valence-electron chi connectivity index (χ2n) is 8.07. The fraction of sp³-hybridized carbons (Fsp3) is 0.417. The van der Waals surface area contributed by atoms with Gasteiger partial charge < -0.3 is 15.0 Å². The molecule has 1 aliphatic rings. The number of alkyl halides is 1. The van der Waals surface area contributed by atoms with Gasteiger partial charge in [0.15, 0.2) is 0 Å². The lowest BCUT2D eigenvalue weighted by Gasteiger charge is -2.35. The summed E-state index contributed by atoms with van der Waals surface area (Å²) in [4.78, 5) is 26.6. The average Bonchev–Trinajstić information content (AvgIpc) is 2.78. The highest BCUT2D eigenvalue weighted by molar-refractivity contribution is 6.30. The molecule has 0 saturated carbocycles. The number of hydrogen-bond donors (Lipinski definition) is 1. The zero-order chi connectivity index (χ0) is 21.5.